The van der Waals surface area contributed by atoms with E-state index in [0.717, 1.165) is 13.1 Å². The Hall–Kier alpha value is -1.16. The fourth-order valence-corrected chi connectivity index (χ4v) is 2.38. The summed E-state index contributed by atoms with van der Waals surface area (Å²) in [5, 5.41) is 0.892. The molecule has 0 bridgehead atoms. The highest BCUT2D eigenvalue weighted by Crippen LogP contribution is 2.27. The van der Waals surface area contributed by atoms with Crippen molar-refractivity contribution in [2.24, 2.45) is 0 Å². The molecule has 1 aliphatic heterocycles. The summed E-state index contributed by atoms with van der Waals surface area (Å²) in [7, 11) is 0. The molecule has 2 aromatic rings. The number of anilines is 1. The minimum absolute atomic E-state index is 0. The number of rotatable bonds is 1. The minimum Gasteiger partial charge on any atom is -1.00 e. The van der Waals surface area contributed by atoms with Crippen LogP contribution in [0.25, 0.3) is 6.08 Å². The van der Waals surface area contributed by atoms with Crippen LogP contribution in [0.2, 0.25) is 10.3 Å². The predicted molar refractivity (Wildman–Crippen MR) is 85.3 cm³/mol. The maximum absolute atomic E-state index is 5.41. The zero-order valence-electron chi connectivity index (χ0n) is 12.0. The van der Waals surface area contributed by atoms with Crippen molar-refractivity contribution in [2.45, 2.75) is 13.8 Å². The van der Waals surface area contributed by atoms with Gasteiger partial charge in [-0.1, -0.05) is 29.8 Å². The van der Waals surface area contributed by atoms with Crippen molar-refractivity contribution < 1.29 is 17.4 Å². The number of para-hydroxylation sites is 1. The van der Waals surface area contributed by atoms with Gasteiger partial charge in [0, 0.05) is 18.8 Å². The normalized spacial score (nSPS) is 12.6. The summed E-state index contributed by atoms with van der Waals surface area (Å²) >= 11 is 10.8. The van der Waals surface area contributed by atoms with Gasteiger partial charge in [-0.3, -0.25) is 0 Å². The molecule has 6 heteroatoms. The number of H-pyrrole nitrogens is 2. The van der Waals surface area contributed by atoms with E-state index in [1.54, 1.807) is 6.33 Å². The van der Waals surface area contributed by atoms with E-state index in [4.69, 9.17) is 23.2 Å². The first-order valence-electron chi connectivity index (χ1n) is 6.53. The monoisotopic (exact) mass is 345 g/mol. The smallest absolute Gasteiger partial charge is 0.252 e. The van der Waals surface area contributed by atoms with Gasteiger partial charge in [-0.25, -0.2) is 9.97 Å². The van der Waals surface area contributed by atoms with Crippen molar-refractivity contribution in [1.29, 1.82) is 0 Å². The van der Waals surface area contributed by atoms with Crippen LogP contribution in [0.4, 0.5) is 5.69 Å². The Kier molecular flexibility index (Phi) is 7.09. The molecule has 114 valence electrons. The van der Waals surface area contributed by atoms with Crippen LogP contribution in [-0.2, 0) is 0 Å². The van der Waals surface area contributed by atoms with Crippen LogP contribution in [0, 0.1) is 0 Å². The van der Waals surface area contributed by atoms with Gasteiger partial charge in [0.2, 0.25) is 6.33 Å². The van der Waals surface area contributed by atoms with Crippen LogP contribution in [0.15, 0.2) is 36.2 Å². The minimum atomic E-state index is 0. The Balaban J connectivity index is 0.000000236. The first-order valence-corrected chi connectivity index (χ1v) is 7.28. The first kappa shape index (κ1) is 17.9. The van der Waals surface area contributed by atoms with Crippen LogP contribution in [0.1, 0.15) is 19.4 Å². The van der Waals surface area contributed by atoms with Crippen LogP contribution in [0.5, 0.6) is 0 Å². The number of likely N-dealkylation sites (N-methyl/N-ethyl adjacent to an activating group) is 1. The maximum atomic E-state index is 5.41. The highest BCUT2D eigenvalue weighted by Gasteiger charge is 2.12. The number of imidazole rings is 1. The van der Waals surface area contributed by atoms with Crippen molar-refractivity contribution in [1.82, 2.24) is 4.98 Å². The first-order chi connectivity index (χ1) is 9.61. The Morgan fingerprint density at radius 2 is 2.00 bits per heavy atom. The molecule has 0 spiro atoms. The number of hydrogen-bond acceptors (Lipinski definition) is 1. The van der Waals surface area contributed by atoms with Crippen LogP contribution in [0.3, 0.4) is 0 Å². The Morgan fingerprint density at radius 1 is 1.29 bits per heavy atom. The second-order valence-electron chi connectivity index (χ2n) is 4.62. The number of nitrogens with one attached hydrogen (secondary N) is 2. The molecule has 0 saturated carbocycles. The fourth-order valence-electron chi connectivity index (χ4n) is 2.17. The number of nitrogens with zero attached hydrogens (tertiary/aromatic N) is 1. The third-order valence-electron chi connectivity index (χ3n) is 3.09. The number of aromatic nitrogens is 2. The van der Waals surface area contributed by atoms with Gasteiger partial charge in [0.05, 0.1) is 0 Å². The molecule has 0 unspecified atom stereocenters. The number of aromatic amines is 2. The largest absolute Gasteiger partial charge is 1.00 e. The van der Waals surface area contributed by atoms with E-state index in [1.807, 2.05) is 0 Å². The third-order valence-corrected chi connectivity index (χ3v) is 3.78. The van der Waals surface area contributed by atoms with E-state index < -0.39 is 0 Å². The standard InChI is InChI=1S/C12H15N.C3H2Cl2N2.ClH/c1-3-13-9-10(2)8-11-6-4-5-7-12(11)13;4-2-3(5)7-1-6-2;/h4-8H,3,9H2,1-2H3;1H,(H,6,7);1H. The van der Waals surface area contributed by atoms with Gasteiger partial charge in [0.1, 0.15) is 0 Å². The third kappa shape index (κ3) is 4.67. The van der Waals surface area contributed by atoms with Crippen molar-refractivity contribution >= 4 is 35.0 Å². The second kappa shape index (κ2) is 8.32. The molecule has 0 amide bonds. The average molecular weight is 347 g/mol. The van der Waals surface area contributed by atoms with Gasteiger partial charge < -0.3 is 17.3 Å². The molecular weight excluding hydrogens is 329 g/mol. The van der Waals surface area contributed by atoms with Crippen LogP contribution >= 0.6 is 23.2 Å². The van der Waals surface area contributed by atoms with Crippen molar-refractivity contribution in [3.8, 4) is 0 Å². The quantitative estimate of drug-likeness (QED) is 0.823. The van der Waals surface area contributed by atoms with Crippen molar-refractivity contribution in [2.75, 3.05) is 18.0 Å². The van der Waals surface area contributed by atoms with E-state index in [2.05, 4.69) is 59.1 Å². The molecule has 0 aliphatic carbocycles. The number of benzene rings is 1. The lowest BCUT2D eigenvalue weighted by Crippen LogP contribution is -3.00. The summed E-state index contributed by atoms with van der Waals surface area (Å²) in [5.41, 5.74) is 4.17. The molecule has 0 radical (unpaired) electrons. The molecule has 1 aromatic heterocycles. The lowest BCUT2D eigenvalue weighted by atomic mass is 10.0. The topological polar surface area (TPSA) is 33.2 Å². The molecule has 2 heterocycles. The van der Waals surface area contributed by atoms with Gasteiger partial charge in [0.25, 0.3) is 10.3 Å². The van der Waals surface area contributed by atoms with Gasteiger partial charge in [-0.05, 0) is 48.7 Å². The average Bonchev–Trinajstić information content (AvgIpc) is 2.82. The van der Waals surface area contributed by atoms with Crippen LogP contribution in [-0.4, -0.2) is 18.1 Å². The van der Waals surface area contributed by atoms with E-state index in [-0.39, 0.29) is 12.4 Å². The van der Waals surface area contributed by atoms with Crippen molar-refractivity contribution in [3.05, 3.63) is 52.0 Å². The van der Waals surface area contributed by atoms with Crippen LogP contribution < -0.4 is 22.3 Å². The highest BCUT2D eigenvalue weighted by atomic mass is 35.5. The van der Waals surface area contributed by atoms with Gasteiger partial charge in [-0.15, -0.1) is 0 Å². The molecule has 1 aromatic carbocycles. The molecule has 0 saturated heterocycles. The Morgan fingerprint density at radius 3 is 2.52 bits per heavy atom. The second-order valence-corrected chi connectivity index (χ2v) is 5.38. The van der Waals surface area contributed by atoms with Gasteiger partial charge >= 0.3 is 0 Å². The molecule has 3 rings (SSSR count). The number of fused-ring (bicyclic) bond motifs is 1. The summed E-state index contributed by atoms with van der Waals surface area (Å²) in [6, 6.07) is 8.58. The number of halogens is 3. The molecular formula is C15H18Cl3N3. The summed E-state index contributed by atoms with van der Waals surface area (Å²) in [4.78, 5) is 7.70. The summed E-state index contributed by atoms with van der Waals surface area (Å²) in [6.07, 6.45) is 3.84. The SMILES string of the molecule is CCN1CC(C)=Cc2ccccc21.Clc1[nH]c[nH+]c1Cl.[Cl-]. The fraction of sp³-hybridized carbons (Fsp3) is 0.267. The molecule has 1 aliphatic rings. The summed E-state index contributed by atoms with van der Waals surface area (Å²) < 4.78 is 0. The molecule has 3 nitrogen and oxygen atoms in total. The van der Waals surface area contributed by atoms with E-state index in [0.29, 0.717) is 10.3 Å². The lowest BCUT2D eigenvalue weighted by Gasteiger charge is -2.29. The van der Waals surface area contributed by atoms with Crippen molar-refractivity contribution in [3.63, 3.8) is 0 Å². The zero-order valence-corrected chi connectivity index (χ0v) is 14.2. The van der Waals surface area contributed by atoms with E-state index in [1.165, 1.54) is 16.8 Å². The highest BCUT2D eigenvalue weighted by molar-refractivity contribution is 6.39. The summed E-state index contributed by atoms with van der Waals surface area (Å²) in [5.74, 6) is 0. The molecule has 2 N–H and O–H groups in total. The molecule has 21 heavy (non-hydrogen) atoms. The van der Waals surface area contributed by atoms with E-state index >= 15 is 0 Å². The lowest BCUT2D eigenvalue weighted by molar-refractivity contribution is -0.373. The van der Waals surface area contributed by atoms with E-state index in [9.17, 15) is 0 Å². The van der Waals surface area contributed by atoms with Gasteiger partial charge in [0.15, 0.2) is 0 Å². The summed E-state index contributed by atoms with van der Waals surface area (Å²) in [6.45, 7) is 6.56. The Bertz CT molecular complexity index is 591. The zero-order chi connectivity index (χ0) is 14.5. The predicted octanol–water partition coefficient (Wildman–Crippen LogP) is 1.07. The molecule has 0 atom stereocenters. The van der Waals surface area contributed by atoms with Gasteiger partial charge in [-0.2, -0.15) is 0 Å². The number of hydrogen-bond donors (Lipinski definition) is 1. The molecule has 0 fully saturated rings. The Labute approximate surface area is 141 Å². The maximum Gasteiger partial charge on any atom is 0.252 e.